The van der Waals surface area contributed by atoms with E-state index in [-0.39, 0.29) is 12.1 Å². The molecule has 1 unspecified atom stereocenters. The summed E-state index contributed by atoms with van der Waals surface area (Å²) < 4.78 is 5.49. The van der Waals surface area contributed by atoms with Gasteiger partial charge in [0.05, 0.1) is 6.61 Å². The van der Waals surface area contributed by atoms with Crippen LogP contribution in [0.4, 0.5) is 10.5 Å². The zero-order valence-corrected chi connectivity index (χ0v) is 13.6. The van der Waals surface area contributed by atoms with E-state index in [2.05, 4.69) is 18.3 Å². The summed E-state index contributed by atoms with van der Waals surface area (Å²) in [6.45, 7) is 5.17. The molecule has 0 saturated carbocycles. The Kier molecular flexibility index (Phi) is 4.51. The van der Waals surface area contributed by atoms with Gasteiger partial charge < -0.3 is 10.1 Å². The van der Waals surface area contributed by atoms with Gasteiger partial charge in [-0.1, -0.05) is 30.3 Å². The molecule has 1 aliphatic rings. The predicted octanol–water partition coefficient (Wildman–Crippen LogP) is 3.75. The molecule has 120 valence electrons. The molecule has 0 aromatic heterocycles. The zero-order valence-electron chi connectivity index (χ0n) is 13.6. The molecule has 0 aliphatic carbocycles. The number of hydrogen-bond donors (Lipinski definition) is 1. The van der Waals surface area contributed by atoms with Gasteiger partial charge in [-0.25, -0.2) is 4.79 Å². The number of amides is 2. The minimum absolute atomic E-state index is 0.0516. The molecule has 1 atom stereocenters. The van der Waals surface area contributed by atoms with Crippen LogP contribution in [0.2, 0.25) is 0 Å². The number of nitrogens with one attached hydrogen (secondary N) is 1. The van der Waals surface area contributed by atoms with E-state index >= 15 is 0 Å². The van der Waals surface area contributed by atoms with Crippen molar-refractivity contribution in [2.24, 2.45) is 0 Å². The van der Waals surface area contributed by atoms with Crippen LogP contribution in [0.15, 0.2) is 48.5 Å². The fourth-order valence-electron chi connectivity index (χ4n) is 3.05. The van der Waals surface area contributed by atoms with Gasteiger partial charge in [0.15, 0.2) is 0 Å². The van der Waals surface area contributed by atoms with Crippen molar-refractivity contribution in [3.8, 4) is 5.75 Å². The monoisotopic (exact) mass is 310 g/mol. The second kappa shape index (κ2) is 6.73. The van der Waals surface area contributed by atoms with Crippen LogP contribution < -0.4 is 15.0 Å². The van der Waals surface area contributed by atoms with Crippen LogP contribution in [0, 0.1) is 0 Å². The van der Waals surface area contributed by atoms with Crippen molar-refractivity contribution in [1.82, 2.24) is 5.32 Å². The van der Waals surface area contributed by atoms with Crippen molar-refractivity contribution in [1.29, 1.82) is 0 Å². The topological polar surface area (TPSA) is 41.6 Å². The number of hydrogen-bond acceptors (Lipinski definition) is 2. The molecular weight excluding hydrogens is 288 g/mol. The van der Waals surface area contributed by atoms with Gasteiger partial charge in [0.2, 0.25) is 0 Å². The second-order valence-electron chi connectivity index (χ2n) is 5.79. The number of benzene rings is 2. The fourth-order valence-corrected chi connectivity index (χ4v) is 3.05. The maximum Gasteiger partial charge on any atom is 0.322 e. The van der Waals surface area contributed by atoms with Gasteiger partial charge in [0.25, 0.3) is 0 Å². The first-order chi connectivity index (χ1) is 11.2. The highest BCUT2D eigenvalue weighted by Crippen LogP contribution is 2.31. The van der Waals surface area contributed by atoms with E-state index in [0.717, 1.165) is 23.4 Å². The van der Waals surface area contributed by atoms with Crippen LogP contribution in [0.1, 0.15) is 25.0 Å². The highest BCUT2D eigenvalue weighted by Gasteiger charge is 2.30. The lowest BCUT2D eigenvalue weighted by Crippen LogP contribution is -2.42. The quantitative estimate of drug-likeness (QED) is 0.934. The van der Waals surface area contributed by atoms with Crippen LogP contribution in [0.3, 0.4) is 0 Å². The van der Waals surface area contributed by atoms with Crippen LogP contribution >= 0.6 is 0 Å². The van der Waals surface area contributed by atoms with Gasteiger partial charge in [0, 0.05) is 18.3 Å². The highest BCUT2D eigenvalue weighted by molar-refractivity contribution is 5.94. The average Bonchev–Trinajstić information content (AvgIpc) is 2.89. The van der Waals surface area contributed by atoms with Crippen LogP contribution in [0.25, 0.3) is 0 Å². The summed E-state index contributed by atoms with van der Waals surface area (Å²) in [5, 5.41) is 3.01. The Bertz CT molecular complexity index is 699. The van der Waals surface area contributed by atoms with Gasteiger partial charge in [-0.3, -0.25) is 4.90 Å². The Morgan fingerprint density at radius 2 is 2.09 bits per heavy atom. The van der Waals surface area contributed by atoms with E-state index in [0.29, 0.717) is 13.2 Å². The number of nitrogens with zero attached hydrogens (tertiary/aromatic N) is 1. The smallest absolute Gasteiger partial charge is 0.322 e. The van der Waals surface area contributed by atoms with E-state index in [1.165, 1.54) is 5.56 Å². The number of para-hydroxylation sites is 1. The number of carbonyl (C=O) groups is 1. The van der Waals surface area contributed by atoms with E-state index in [4.69, 9.17) is 4.74 Å². The van der Waals surface area contributed by atoms with Crippen molar-refractivity contribution in [3.63, 3.8) is 0 Å². The van der Waals surface area contributed by atoms with Crippen LogP contribution in [-0.2, 0) is 13.0 Å². The van der Waals surface area contributed by atoms with E-state index < -0.39 is 0 Å². The first-order valence-corrected chi connectivity index (χ1v) is 8.05. The SMILES string of the molecule is CCOc1cccc(CNC(=O)N2c3ccccc3CC2C)c1. The summed E-state index contributed by atoms with van der Waals surface area (Å²) in [5.41, 5.74) is 3.28. The predicted molar refractivity (Wildman–Crippen MR) is 91.9 cm³/mol. The lowest BCUT2D eigenvalue weighted by molar-refractivity contribution is 0.244. The molecule has 1 aliphatic heterocycles. The summed E-state index contributed by atoms with van der Waals surface area (Å²) in [5.74, 6) is 0.833. The summed E-state index contributed by atoms with van der Waals surface area (Å²) in [7, 11) is 0. The summed E-state index contributed by atoms with van der Waals surface area (Å²) in [6, 6.07) is 16.0. The van der Waals surface area contributed by atoms with Crippen LogP contribution in [-0.4, -0.2) is 18.7 Å². The Morgan fingerprint density at radius 1 is 1.26 bits per heavy atom. The summed E-state index contributed by atoms with van der Waals surface area (Å²) >= 11 is 0. The number of ether oxygens (including phenoxy) is 1. The first kappa shape index (κ1) is 15.4. The van der Waals surface area contributed by atoms with E-state index in [9.17, 15) is 4.79 Å². The van der Waals surface area contributed by atoms with E-state index in [1.54, 1.807) is 0 Å². The van der Waals surface area contributed by atoms with Crippen molar-refractivity contribution in [2.45, 2.75) is 32.9 Å². The highest BCUT2D eigenvalue weighted by atomic mass is 16.5. The average molecular weight is 310 g/mol. The van der Waals surface area contributed by atoms with Crippen molar-refractivity contribution >= 4 is 11.7 Å². The Labute approximate surface area is 137 Å². The third-order valence-corrected chi connectivity index (χ3v) is 4.08. The number of fused-ring (bicyclic) bond motifs is 1. The van der Waals surface area contributed by atoms with Crippen molar-refractivity contribution < 1.29 is 9.53 Å². The maximum absolute atomic E-state index is 12.6. The molecular formula is C19H22N2O2. The molecule has 2 amide bonds. The molecule has 0 saturated heterocycles. The molecule has 0 radical (unpaired) electrons. The molecule has 4 nitrogen and oxygen atoms in total. The molecule has 0 bridgehead atoms. The number of carbonyl (C=O) groups excluding carboxylic acids is 1. The van der Waals surface area contributed by atoms with Gasteiger partial charge in [-0.2, -0.15) is 0 Å². The number of rotatable bonds is 4. The molecule has 23 heavy (non-hydrogen) atoms. The number of urea groups is 1. The molecule has 2 aromatic carbocycles. The van der Waals surface area contributed by atoms with E-state index in [1.807, 2.05) is 54.3 Å². The third-order valence-electron chi connectivity index (χ3n) is 4.08. The van der Waals surface area contributed by atoms with Crippen molar-refractivity contribution in [2.75, 3.05) is 11.5 Å². The molecule has 1 N–H and O–H groups in total. The Hall–Kier alpha value is -2.49. The first-order valence-electron chi connectivity index (χ1n) is 8.05. The van der Waals surface area contributed by atoms with Crippen LogP contribution in [0.5, 0.6) is 5.75 Å². The van der Waals surface area contributed by atoms with Gasteiger partial charge in [-0.15, -0.1) is 0 Å². The molecule has 3 rings (SSSR count). The largest absolute Gasteiger partial charge is 0.494 e. The standard InChI is InChI=1S/C19H22N2O2/c1-3-23-17-9-6-7-15(12-17)13-20-19(22)21-14(2)11-16-8-4-5-10-18(16)21/h4-10,12,14H,3,11,13H2,1-2H3,(H,20,22). The maximum atomic E-state index is 12.6. The lowest BCUT2D eigenvalue weighted by Gasteiger charge is -2.23. The van der Waals surface area contributed by atoms with Gasteiger partial charge in [-0.05, 0) is 49.6 Å². The minimum atomic E-state index is -0.0516. The molecule has 2 aromatic rings. The normalized spacial score (nSPS) is 16.1. The molecule has 1 heterocycles. The second-order valence-corrected chi connectivity index (χ2v) is 5.79. The Balaban J connectivity index is 1.67. The summed E-state index contributed by atoms with van der Waals surface area (Å²) in [4.78, 5) is 14.4. The van der Waals surface area contributed by atoms with Gasteiger partial charge >= 0.3 is 6.03 Å². The fraction of sp³-hybridized carbons (Fsp3) is 0.316. The summed E-state index contributed by atoms with van der Waals surface area (Å²) in [6.07, 6.45) is 0.906. The third kappa shape index (κ3) is 3.31. The Morgan fingerprint density at radius 3 is 2.91 bits per heavy atom. The molecule has 0 spiro atoms. The van der Waals surface area contributed by atoms with Crippen molar-refractivity contribution in [3.05, 3.63) is 59.7 Å². The molecule has 4 heteroatoms. The lowest BCUT2D eigenvalue weighted by atomic mass is 10.1. The number of anilines is 1. The zero-order chi connectivity index (χ0) is 16.2. The van der Waals surface area contributed by atoms with Gasteiger partial charge in [0.1, 0.15) is 5.75 Å². The molecule has 0 fully saturated rings. The minimum Gasteiger partial charge on any atom is -0.494 e.